The van der Waals surface area contributed by atoms with Gasteiger partial charge in [0.05, 0.1) is 62.4 Å². The van der Waals surface area contributed by atoms with Gasteiger partial charge in [-0.05, 0) is 178 Å². The number of rotatable bonds is 16. The van der Waals surface area contributed by atoms with E-state index in [-0.39, 0.29) is 6.04 Å². The Balaban J connectivity index is 0.000000212. The number of hydrogen-bond donors (Lipinski definition) is 2. The lowest BCUT2D eigenvalue weighted by molar-refractivity contribution is 0.112. The van der Waals surface area contributed by atoms with Gasteiger partial charge in [-0.15, -0.1) is 0 Å². The predicted octanol–water partition coefficient (Wildman–Crippen LogP) is 24.2. The number of carbonyl (C=O) groups is 1. The summed E-state index contributed by atoms with van der Waals surface area (Å²) < 4.78 is 16.3. The molecular formula is C72H61Cl10N12O4P. The number of aliphatic hydroxyl groups excluding tert-OH is 1. The molecule has 11 aromatic rings. The van der Waals surface area contributed by atoms with Crippen LogP contribution in [0.5, 0.6) is 5.75 Å². The maximum absolute atomic E-state index is 11.3. The van der Waals surface area contributed by atoms with E-state index in [9.17, 15) is 14.5 Å². The Morgan fingerprint density at radius 1 is 0.475 bits per heavy atom. The molecule has 0 bridgehead atoms. The van der Waals surface area contributed by atoms with E-state index in [0.717, 1.165) is 38.9 Å². The van der Waals surface area contributed by atoms with Crippen molar-refractivity contribution >= 4 is 142 Å². The molecule has 0 aliphatic heterocycles. The van der Waals surface area contributed by atoms with Crippen molar-refractivity contribution in [2.45, 2.75) is 44.4 Å². The number of pyridine rings is 5. The number of hydrogen-bond acceptors (Lipinski definition) is 11. The first kappa shape index (κ1) is 81.6. The Hall–Kier alpha value is -8.05. The zero-order valence-electron chi connectivity index (χ0n) is 52.6. The van der Waals surface area contributed by atoms with Crippen molar-refractivity contribution in [3.8, 4) is 5.75 Å². The van der Waals surface area contributed by atoms with Gasteiger partial charge < -0.3 is 15.4 Å². The van der Waals surface area contributed by atoms with E-state index in [2.05, 4.69) is 44.7 Å². The fourth-order valence-electron chi connectivity index (χ4n) is 8.23. The second-order valence-corrected chi connectivity index (χ2v) is 26.3. The summed E-state index contributed by atoms with van der Waals surface area (Å²) in [4.78, 5) is 38.3. The van der Waals surface area contributed by atoms with Crippen LogP contribution in [0.25, 0.3) is 33.0 Å². The third-order valence-corrected chi connectivity index (χ3v) is 18.3. The highest BCUT2D eigenvalue weighted by Gasteiger charge is 2.18. The molecule has 0 spiro atoms. The van der Waals surface area contributed by atoms with Crippen LogP contribution in [0.1, 0.15) is 78.6 Å². The summed E-state index contributed by atoms with van der Waals surface area (Å²) >= 11 is 59.4. The van der Waals surface area contributed by atoms with Crippen LogP contribution < -0.4 is 10.3 Å². The van der Waals surface area contributed by atoms with Gasteiger partial charge in [0.2, 0.25) is 0 Å². The molecule has 0 saturated carbocycles. The van der Waals surface area contributed by atoms with E-state index < -0.39 is 19.7 Å². The molecule has 3 N–H and O–H groups in total. The van der Waals surface area contributed by atoms with E-state index in [4.69, 9.17) is 137 Å². The second kappa shape index (κ2) is 44.9. The normalized spacial score (nSPS) is 11.7. The number of nitrogens with zero attached hydrogens (tertiary/aromatic N) is 11. The molecule has 27 heteroatoms. The molecule has 4 unspecified atom stereocenters. The van der Waals surface area contributed by atoms with Crippen LogP contribution in [0.4, 0.5) is 0 Å². The molecule has 0 fully saturated rings. The van der Waals surface area contributed by atoms with Crippen molar-refractivity contribution in [1.29, 1.82) is 0 Å². The van der Waals surface area contributed by atoms with E-state index in [1.807, 2.05) is 110 Å². The summed E-state index contributed by atoms with van der Waals surface area (Å²) in [5.41, 5.74) is 32.0. The summed E-state index contributed by atoms with van der Waals surface area (Å²) in [5, 5.41) is 18.6. The van der Waals surface area contributed by atoms with Crippen molar-refractivity contribution in [2.75, 3.05) is 6.66 Å². The fraction of sp³-hybridized carbons (Fsp3) is 0.111. The molecule has 11 rings (SSSR count). The van der Waals surface area contributed by atoms with E-state index in [1.165, 1.54) is 12.2 Å². The number of azide groups is 2. The molecule has 99 heavy (non-hydrogen) atoms. The molecular weight excluding hydrogens is 1480 g/mol. The highest BCUT2D eigenvalue weighted by Crippen LogP contribution is 2.45. The topological polar surface area (TPSA) is 252 Å². The van der Waals surface area contributed by atoms with Gasteiger partial charge in [-0.1, -0.05) is 212 Å². The average Bonchev–Trinajstić information content (AvgIpc) is 0.878. The molecule has 0 amide bonds. The van der Waals surface area contributed by atoms with Gasteiger partial charge in [-0.2, -0.15) is 0 Å². The number of aryl methyl sites for hydroxylation is 1. The highest BCUT2D eigenvalue weighted by atomic mass is 35.5. The van der Waals surface area contributed by atoms with Crippen molar-refractivity contribution in [3.63, 3.8) is 0 Å². The molecule has 6 aromatic carbocycles. The largest absolute Gasteiger partial charge is 0.439 e. The Bertz CT molecular complexity index is 4350. The Kier molecular flexibility index (Phi) is 37.0. The first-order valence-electron chi connectivity index (χ1n) is 29.3. The maximum atomic E-state index is 11.3. The maximum Gasteiger partial charge on any atom is 0.332 e. The van der Waals surface area contributed by atoms with Crippen LogP contribution in [-0.4, -0.2) is 43.0 Å². The minimum atomic E-state index is -3.21. The van der Waals surface area contributed by atoms with E-state index >= 15 is 0 Å². The SMILES string of the molecule is CP(=O)(N=[N+]=[N-])Oc1ccccc1.Cc1ccncc1.Clc1cccc(C=Cc2ccncc2)c1Cl.NC(Cc1ccncc1)c1cccc(Cl)c1Cl.O=Cc1cccc(Cl)c1Cl.OC(Cc1ccncc1)c1cccc(Cl)c1Cl.[N-]=[N+]=NC(Cc1ccncc1)c1cccc(Cl)c1Cl. The summed E-state index contributed by atoms with van der Waals surface area (Å²) in [6, 6.07) is 53.7. The number of para-hydroxylation sites is 1. The third-order valence-electron chi connectivity index (χ3n) is 13.1. The van der Waals surface area contributed by atoms with Crippen LogP contribution in [0.15, 0.2) is 254 Å². The van der Waals surface area contributed by atoms with Gasteiger partial charge in [0.15, 0.2) is 6.29 Å². The van der Waals surface area contributed by atoms with Crippen molar-refractivity contribution < 1.29 is 19.0 Å². The average molecular weight is 1540 g/mol. The monoisotopic (exact) mass is 1540 g/mol. The third kappa shape index (κ3) is 29.7. The van der Waals surface area contributed by atoms with Crippen LogP contribution in [0.2, 0.25) is 50.2 Å². The number of aldehydes is 1. The van der Waals surface area contributed by atoms with Crippen LogP contribution >= 0.6 is 124 Å². The standard InChI is InChI=1S/C13H10Cl2N4.C13H12Cl2N2.C13H11Cl2NO.C13H9Cl2N.C7H4Cl2O.C7H8N3O2P.C6H7N/c14-11-3-1-2-10(13(11)15)12(18-19-16)8-9-4-6-17-7-5-9;14-11-3-1-2-10(13(11)15)12(16)8-9-4-6-17-7-5-9;14-11-3-1-2-10(13(11)15)12(17)8-9-4-6-16-7-5-9;14-12-3-1-2-11(13(12)15)5-4-10-6-8-16-9-7-10;8-6-3-1-2-5(4-10)7(6)9;1-13(11,10-9-8)12-7-5-3-2-4-6-7;1-6-2-4-7-5-3-6/h1-7,12H,8H2;1-7,12H,8,16H2;1-7,12,17H,8H2;1-9H;1-4H;2-6H,1H3;2-5H,1H3. The number of benzene rings is 6. The van der Waals surface area contributed by atoms with Gasteiger partial charge in [0.1, 0.15) is 5.75 Å². The lowest BCUT2D eigenvalue weighted by atomic mass is 10.0. The fourth-order valence-corrected chi connectivity index (χ4v) is 11.0. The number of nitrogens with two attached hydrogens (primary N) is 1. The van der Waals surface area contributed by atoms with Crippen molar-refractivity contribution in [1.82, 2.24) is 24.9 Å². The Labute approximate surface area is 624 Å². The number of aromatic nitrogens is 5. The molecule has 508 valence electrons. The second-order valence-electron chi connectivity index (χ2n) is 20.4. The van der Waals surface area contributed by atoms with Crippen LogP contribution in [-0.2, 0) is 23.8 Å². The quantitative estimate of drug-likeness (QED) is 0.0304. The summed E-state index contributed by atoms with van der Waals surface area (Å²) in [7, 11) is -3.21. The van der Waals surface area contributed by atoms with Crippen LogP contribution in [0.3, 0.4) is 0 Å². The van der Waals surface area contributed by atoms with Gasteiger partial charge in [0.25, 0.3) is 0 Å². The van der Waals surface area contributed by atoms with E-state index in [0.29, 0.717) is 92.7 Å². The van der Waals surface area contributed by atoms with E-state index in [1.54, 1.807) is 153 Å². The van der Waals surface area contributed by atoms with Crippen LogP contribution in [0, 0.1) is 6.92 Å². The molecule has 0 aliphatic carbocycles. The Morgan fingerprint density at radius 2 is 0.869 bits per heavy atom. The minimum absolute atomic E-state index is 0.163. The molecule has 4 atom stereocenters. The zero-order valence-corrected chi connectivity index (χ0v) is 61.0. The van der Waals surface area contributed by atoms with Crippen molar-refractivity contribution in [3.05, 3.63) is 371 Å². The van der Waals surface area contributed by atoms with Gasteiger partial charge >= 0.3 is 7.52 Å². The minimum Gasteiger partial charge on any atom is -0.439 e. The molecule has 5 aromatic heterocycles. The molecule has 5 heterocycles. The number of aliphatic hydroxyl groups is 1. The number of carbonyl (C=O) groups excluding carboxylic acids is 1. The first-order chi connectivity index (χ1) is 47.6. The highest BCUT2D eigenvalue weighted by molar-refractivity contribution is 7.57. The lowest BCUT2D eigenvalue weighted by Gasteiger charge is -2.14. The molecule has 0 saturated heterocycles. The van der Waals surface area contributed by atoms with Crippen molar-refractivity contribution in [2.24, 2.45) is 15.7 Å². The molecule has 16 nitrogen and oxygen atoms in total. The summed E-state index contributed by atoms with van der Waals surface area (Å²) in [5.74, 6) is 0.431. The van der Waals surface area contributed by atoms with Gasteiger partial charge in [-0.3, -0.25) is 34.3 Å². The molecule has 0 aliphatic rings. The predicted molar refractivity (Wildman–Crippen MR) is 407 cm³/mol. The zero-order chi connectivity index (χ0) is 72.0. The summed E-state index contributed by atoms with van der Waals surface area (Å²) in [6.07, 6.45) is 23.0. The van der Waals surface area contributed by atoms with Gasteiger partial charge in [-0.25, -0.2) is 0 Å². The summed E-state index contributed by atoms with van der Waals surface area (Å²) in [6.45, 7) is 3.31. The smallest absolute Gasteiger partial charge is 0.332 e. The molecule has 0 radical (unpaired) electrons. The lowest BCUT2D eigenvalue weighted by Crippen LogP contribution is -2.14. The number of halogens is 10. The van der Waals surface area contributed by atoms with Gasteiger partial charge in [0, 0.05) is 107 Å². The Morgan fingerprint density at radius 3 is 1.32 bits per heavy atom. The first-order valence-corrected chi connectivity index (χ1v) is 35.1.